The van der Waals surface area contributed by atoms with Crippen LogP contribution in [0.5, 0.6) is 5.75 Å². The van der Waals surface area contributed by atoms with E-state index in [9.17, 15) is 9.18 Å². The number of ether oxygens (including phenoxy) is 2. The molecule has 0 atom stereocenters. The second-order valence-electron chi connectivity index (χ2n) is 8.52. The van der Waals surface area contributed by atoms with E-state index in [0.29, 0.717) is 50.3 Å². The highest BCUT2D eigenvalue weighted by Gasteiger charge is 2.39. The fourth-order valence-electron chi connectivity index (χ4n) is 4.41. The number of aryl methyl sites for hydroxylation is 1. The molecular formula is C26H30FN3O3. The summed E-state index contributed by atoms with van der Waals surface area (Å²) in [7, 11) is 1.58. The van der Waals surface area contributed by atoms with Crippen LogP contribution in [-0.4, -0.2) is 42.3 Å². The summed E-state index contributed by atoms with van der Waals surface area (Å²) in [5.41, 5.74) is 2.18. The van der Waals surface area contributed by atoms with E-state index >= 15 is 0 Å². The van der Waals surface area contributed by atoms with Crippen LogP contribution < -0.4 is 10.1 Å². The molecule has 7 heteroatoms. The average molecular weight is 452 g/mol. The fourth-order valence-corrected chi connectivity index (χ4v) is 4.41. The minimum absolute atomic E-state index is 0.0901. The molecule has 0 unspecified atom stereocenters. The van der Waals surface area contributed by atoms with Crippen LogP contribution in [0.3, 0.4) is 0 Å². The Morgan fingerprint density at radius 3 is 2.70 bits per heavy atom. The third-order valence-electron chi connectivity index (χ3n) is 6.34. The quantitative estimate of drug-likeness (QED) is 0.494. The number of benzene rings is 2. The zero-order valence-electron chi connectivity index (χ0n) is 18.9. The standard InChI is InChI=1S/C26H30FN3O3/c1-32-24-8-7-22(27)17-23(24)21-5-3-20(4-6-21)18-26(9-15-33-16-10-26)25(31)29-11-2-13-30-14-12-28-19-30/h3-8,12,14,17,19H,2,9-11,13,15-16,18H2,1H3,(H,29,31). The molecule has 6 nitrogen and oxygen atoms in total. The van der Waals surface area contributed by atoms with Crippen molar-refractivity contribution in [2.75, 3.05) is 26.9 Å². The molecule has 1 saturated heterocycles. The molecule has 0 bridgehead atoms. The summed E-state index contributed by atoms with van der Waals surface area (Å²) in [5.74, 6) is 0.410. The topological polar surface area (TPSA) is 65.4 Å². The van der Waals surface area contributed by atoms with Gasteiger partial charge in [0.2, 0.25) is 5.91 Å². The number of amides is 1. The number of carbonyl (C=O) groups is 1. The van der Waals surface area contributed by atoms with Gasteiger partial charge in [-0.1, -0.05) is 24.3 Å². The van der Waals surface area contributed by atoms with Crippen molar-refractivity contribution in [1.29, 1.82) is 0 Å². The van der Waals surface area contributed by atoms with Gasteiger partial charge in [-0.05, 0) is 55.0 Å². The van der Waals surface area contributed by atoms with Crippen LogP contribution in [-0.2, 0) is 22.5 Å². The molecule has 33 heavy (non-hydrogen) atoms. The first kappa shape index (κ1) is 23.0. The number of nitrogens with one attached hydrogen (secondary N) is 1. The molecule has 3 aromatic rings. The molecule has 1 fully saturated rings. The monoisotopic (exact) mass is 451 g/mol. The molecule has 0 aliphatic carbocycles. The lowest BCUT2D eigenvalue weighted by Gasteiger charge is -2.36. The Hall–Kier alpha value is -3.19. The summed E-state index contributed by atoms with van der Waals surface area (Å²) >= 11 is 0. The zero-order chi connectivity index (χ0) is 23.1. The van der Waals surface area contributed by atoms with Gasteiger partial charge in [0, 0.05) is 44.3 Å². The molecule has 0 radical (unpaired) electrons. The molecule has 2 aromatic carbocycles. The lowest BCUT2D eigenvalue weighted by molar-refractivity contribution is -0.136. The van der Waals surface area contributed by atoms with Gasteiger partial charge < -0.3 is 19.4 Å². The highest BCUT2D eigenvalue weighted by molar-refractivity contribution is 5.83. The Morgan fingerprint density at radius 2 is 2.00 bits per heavy atom. The average Bonchev–Trinajstić information content (AvgIpc) is 3.36. The Kier molecular flexibility index (Phi) is 7.40. The predicted octanol–water partition coefficient (Wildman–Crippen LogP) is 4.24. The lowest BCUT2D eigenvalue weighted by Crippen LogP contribution is -2.46. The number of hydrogen-bond acceptors (Lipinski definition) is 4. The molecule has 1 aliphatic rings. The Morgan fingerprint density at radius 1 is 1.21 bits per heavy atom. The first-order valence-corrected chi connectivity index (χ1v) is 11.3. The molecule has 1 amide bonds. The van der Waals surface area contributed by atoms with Crippen LogP contribution in [0.1, 0.15) is 24.8 Å². The van der Waals surface area contributed by atoms with Gasteiger partial charge in [-0.3, -0.25) is 4.79 Å². The first-order valence-electron chi connectivity index (χ1n) is 11.3. The van der Waals surface area contributed by atoms with Gasteiger partial charge in [-0.15, -0.1) is 0 Å². The van der Waals surface area contributed by atoms with E-state index in [-0.39, 0.29) is 11.7 Å². The van der Waals surface area contributed by atoms with E-state index in [4.69, 9.17) is 9.47 Å². The van der Waals surface area contributed by atoms with E-state index in [1.165, 1.54) is 12.1 Å². The number of halogens is 1. The smallest absolute Gasteiger partial charge is 0.226 e. The number of hydrogen-bond donors (Lipinski definition) is 1. The van der Waals surface area contributed by atoms with E-state index < -0.39 is 5.41 Å². The van der Waals surface area contributed by atoms with Crippen LogP contribution >= 0.6 is 0 Å². The van der Waals surface area contributed by atoms with Gasteiger partial charge >= 0.3 is 0 Å². The van der Waals surface area contributed by atoms with Gasteiger partial charge in [0.15, 0.2) is 0 Å². The van der Waals surface area contributed by atoms with Gasteiger partial charge in [0.05, 0.1) is 18.9 Å². The second-order valence-corrected chi connectivity index (χ2v) is 8.52. The minimum atomic E-state index is -0.481. The number of rotatable bonds is 9. The van der Waals surface area contributed by atoms with E-state index in [1.54, 1.807) is 25.7 Å². The van der Waals surface area contributed by atoms with Gasteiger partial charge in [0.1, 0.15) is 11.6 Å². The summed E-state index contributed by atoms with van der Waals surface area (Å²) in [6.07, 6.45) is 8.34. The minimum Gasteiger partial charge on any atom is -0.496 e. The maximum Gasteiger partial charge on any atom is 0.226 e. The van der Waals surface area contributed by atoms with Crippen molar-refractivity contribution < 1.29 is 18.7 Å². The predicted molar refractivity (Wildman–Crippen MR) is 124 cm³/mol. The second kappa shape index (κ2) is 10.6. The molecule has 1 aromatic heterocycles. The maximum absolute atomic E-state index is 13.8. The normalized spacial score (nSPS) is 15.2. The first-order chi connectivity index (χ1) is 16.1. The summed E-state index contributed by atoms with van der Waals surface area (Å²) in [6.45, 7) is 2.61. The van der Waals surface area contributed by atoms with Gasteiger partial charge in [0.25, 0.3) is 0 Å². The molecule has 1 aliphatic heterocycles. The molecule has 2 heterocycles. The third kappa shape index (κ3) is 5.60. The molecular weight excluding hydrogens is 421 g/mol. The van der Waals surface area contributed by atoms with Crippen molar-refractivity contribution in [3.8, 4) is 16.9 Å². The molecule has 0 saturated carbocycles. The highest BCUT2D eigenvalue weighted by atomic mass is 19.1. The number of nitrogens with zero attached hydrogens (tertiary/aromatic N) is 2. The van der Waals surface area contributed by atoms with Gasteiger partial charge in [-0.2, -0.15) is 0 Å². The molecule has 0 spiro atoms. The Labute approximate surface area is 193 Å². The van der Waals surface area contributed by atoms with Crippen LogP contribution in [0.4, 0.5) is 4.39 Å². The van der Waals surface area contributed by atoms with Crippen molar-refractivity contribution in [1.82, 2.24) is 14.9 Å². The lowest BCUT2D eigenvalue weighted by atomic mass is 9.74. The van der Waals surface area contributed by atoms with Crippen molar-refractivity contribution in [3.05, 3.63) is 72.6 Å². The van der Waals surface area contributed by atoms with Crippen molar-refractivity contribution in [2.24, 2.45) is 5.41 Å². The van der Waals surface area contributed by atoms with Crippen LogP contribution in [0.15, 0.2) is 61.2 Å². The van der Waals surface area contributed by atoms with Gasteiger partial charge in [-0.25, -0.2) is 9.37 Å². The maximum atomic E-state index is 13.8. The largest absolute Gasteiger partial charge is 0.496 e. The number of carbonyl (C=O) groups excluding carboxylic acids is 1. The summed E-state index contributed by atoms with van der Waals surface area (Å²) < 4.78 is 26.7. The van der Waals surface area contributed by atoms with Crippen LogP contribution in [0, 0.1) is 11.2 Å². The van der Waals surface area contributed by atoms with Crippen molar-refractivity contribution >= 4 is 5.91 Å². The van der Waals surface area contributed by atoms with E-state index in [2.05, 4.69) is 10.3 Å². The number of methoxy groups -OCH3 is 1. The summed E-state index contributed by atoms with van der Waals surface area (Å²) in [5, 5.41) is 3.15. The van der Waals surface area contributed by atoms with Crippen molar-refractivity contribution in [2.45, 2.75) is 32.2 Å². The Balaban J connectivity index is 1.43. The van der Waals surface area contributed by atoms with Crippen LogP contribution in [0.25, 0.3) is 11.1 Å². The van der Waals surface area contributed by atoms with Crippen molar-refractivity contribution in [3.63, 3.8) is 0 Å². The number of aromatic nitrogens is 2. The van der Waals surface area contributed by atoms with Crippen LogP contribution in [0.2, 0.25) is 0 Å². The summed E-state index contributed by atoms with van der Waals surface area (Å²) in [6, 6.07) is 12.5. The van der Waals surface area contributed by atoms with E-state index in [1.807, 2.05) is 35.0 Å². The molecule has 1 N–H and O–H groups in total. The highest BCUT2D eigenvalue weighted by Crippen LogP contribution is 2.36. The molecule has 174 valence electrons. The summed E-state index contributed by atoms with van der Waals surface area (Å²) in [4.78, 5) is 17.3. The number of imidazole rings is 1. The third-order valence-corrected chi connectivity index (χ3v) is 6.34. The SMILES string of the molecule is COc1ccc(F)cc1-c1ccc(CC2(C(=O)NCCCn3ccnc3)CCOCC2)cc1. The zero-order valence-corrected chi connectivity index (χ0v) is 18.9. The van der Waals surface area contributed by atoms with E-state index in [0.717, 1.165) is 24.1 Å². The Bertz CT molecular complexity index is 1050. The fraction of sp³-hybridized carbons (Fsp3) is 0.385. The molecule has 4 rings (SSSR count).